The Morgan fingerprint density at radius 2 is 1.53 bits per heavy atom. The van der Waals surface area contributed by atoms with E-state index in [2.05, 4.69) is 40.7 Å². The summed E-state index contributed by atoms with van der Waals surface area (Å²) in [6, 6.07) is 0. The molecule has 0 amide bonds. The first-order valence-corrected chi connectivity index (χ1v) is 20.7. The summed E-state index contributed by atoms with van der Waals surface area (Å²) in [6.07, 6.45) is -8.21. The second-order valence-corrected chi connectivity index (χ2v) is 20.1. The highest BCUT2D eigenvalue weighted by molar-refractivity contribution is 5.84. The van der Waals surface area contributed by atoms with Crippen molar-refractivity contribution in [2.45, 2.75) is 193 Å². The molecule has 13 nitrogen and oxygen atoms in total. The Balaban J connectivity index is 1.24. The Bertz CT molecular complexity index is 1430. The number of Topliss-reactive ketones (excluding diaryl/α,β-unsaturated/α-hetero) is 1. The molecule has 8 N–H and O–H groups in total. The van der Waals surface area contributed by atoms with Crippen molar-refractivity contribution in [3.8, 4) is 0 Å². The highest BCUT2D eigenvalue weighted by Crippen LogP contribution is 2.75. The number of ether oxygens (including phenoxy) is 4. The van der Waals surface area contributed by atoms with Gasteiger partial charge in [0.05, 0.1) is 30.5 Å². The number of ketones is 1. The van der Waals surface area contributed by atoms with Crippen LogP contribution in [0.4, 0.5) is 0 Å². The van der Waals surface area contributed by atoms with E-state index in [1.165, 1.54) is 12.5 Å². The molecular formula is C42H70O13. The van der Waals surface area contributed by atoms with E-state index in [0.717, 1.165) is 19.3 Å². The molecule has 6 fully saturated rings. The first-order chi connectivity index (χ1) is 25.5. The molecule has 55 heavy (non-hydrogen) atoms. The topological polar surface area (TPSA) is 216 Å². The van der Waals surface area contributed by atoms with Gasteiger partial charge in [-0.05, 0) is 106 Å². The number of aliphatic hydroxyl groups excluding tert-OH is 7. The number of rotatable bonds is 9. The molecule has 0 aromatic rings. The predicted octanol–water partition coefficient (Wildman–Crippen LogP) is 2.36. The molecule has 316 valence electrons. The lowest BCUT2D eigenvalue weighted by atomic mass is 9.35. The van der Waals surface area contributed by atoms with Gasteiger partial charge in [-0.3, -0.25) is 4.79 Å². The molecule has 13 heteroatoms. The Hall–Kier alpha value is -1.07. The third-order valence-corrected chi connectivity index (χ3v) is 16.3. The number of allylic oxidation sites excluding steroid dienone is 2. The van der Waals surface area contributed by atoms with Crippen molar-refractivity contribution in [3.05, 3.63) is 11.6 Å². The second kappa shape index (κ2) is 15.2. The monoisotopic (exact) mass is 782 g/mol. The van der Waals surface area contributed by atoms with Crippen LogP contribution in [0.1, 0.15) is 114 Å². The summed E-state index contributed by atoms with van der Waals surface area (Å²) in [5.74, 6) is -0.727. The van der Waals surface area contributed by atoms with Crippen LogP contribution in [-0.2, 0) is 23.7 Å². The van der Waals surface area contributed by atoms with Crippen LogP contribution in [-0.4, -0.2) is 132 Å². The maximum Gasteiger partial charge on any atom is 0.187 e. The van der Waals surface area contributed by atoms with Gasteiger partial charge in [0.2, 0.25) is 0 Å². The standard InChI is InChI=1S/C42H70O13/c1-20(2)11-10-14-42(9,51)29-23(45)18-41(8)28(29)22(44)17-26-39(6)15-13-27(38(4,5)25(39)12-16-40(26,41)7)54-37-35(33(49)31(47)24(19-43)53-37)55-36-34(50)32(48)30(46)21(3)52-36/h11,21,23-37,43,45-51H,10,12-19H2,1-9H3. The molecule has 2 aliphatic heterocycles. The van der Waals surface area contributed by atoms with Gasteiger partial charge in [0.15, 0.2) is 12.6 Å². The number of carbonyl (C=O) groups is 1. The van der Waals surface area contributed by atoms with Crippen LogP contribution in [0, 0.1) is 45.3 Å². The highest BCUT2D eigenvalue weighted by atomic mass is 16.8. The minimum Gasteiger partial charge on any atom is -0.394 e. The molecule has 0 radical (unpaired) electrons. The van der Waals surface area contributed by atoms with E-state index in [1.807, 2.05) is 13.8 Å². The normalized spacial score (nSPS) is 52.1. The van der Waals surface area contributed by atoms with Crippen molar-refractivity contribution in [1.29, 1.82) is 0 Å². The third kappa shape index (κ3) is 7.01. The van der Waals surface area contributed by atoms with Gasteiger partial charge in [0.1, 0.15) is 48.5 Å². The van der Waals surface area contributed by atoms with E-state index in [1.54, 1.807) is 6.92 Å². The molecule has 20 unspecified atom stereocenters. The predicted molar refractivity (Wildman–Crippen MR) is 200 cm³/mol. The largest absolute Gasteiger partial charge is 0.394 e. The molecule has 2 heterocycles. The first-order valence-electron chi connectivity index (χ1n) is 20.7. The van der Waals surface area contributed by atoms with E-state index in [0.29, 0.717) is 32.1 Å². The van der Waals surface area contributed by atoms with Gasteiger partial charge in [-0.15, -0.1) is 0 Å². The summed E-state index contributed by atoms with van der Waals surface area (Å²) < 4.78 is 24.4. The quantitative estimate of drug-likeness (QED) is 0.125. The summed E-state index contributed by atoms with van der Waals surface area (Å²) in [5.41, 5.74) is -1.57. The first kappa shape index (κ1) is 43.5. The van der Waals surface area contributed by atoms with E-state index in [9.17, 15) is 45.6 Å². The van der Waals surface area contributed by atoms with Gasteiger partial charge in [0.25, 0.3) is 0 Å². The second-order valence-electron chi connectivity index (χ2n) is 20.1. The zero-order chi connectivity index (χ0) is 40.8. The lowest BCUT2D eigenvalue weighted by Crippen LogP contribution is -2.67. The minimum atomic E-state index is -1.67. The fraction of sp³-hybridized carbons (Fsp3) is 0.929. The fourth-order valence-corrected chi connectivity index (χ4v) is 13.0. The number of carbonyl (C=O) groups excluding carboxylic acids is 1. The van der Waals surface area contributed by atoms with E-state index in [4.69, 9.17) is 18.9 Å². The highest BCUT2D eigenvalue weighted by Gasteiger charge is 2.73. The zero-order valence-corrected chi connectivity index (χ0v) is 34.3. The maximum absolute atomic E-state index is 14.6. The molecule has 4 saturated carbocycles. The molecule has 2 saturated heterocycles. The van der Waals surface area contributed by atoms with Gasteiger partial charge in [-0.2, -0.15) is 0 Å². The molecule has 6 rings (SSSR count). The maximum atomic E-state index is 14.6. The van der Waals surface area contributed by atoms with Gasteiger partial charge < -0.3 is 59.8 Å². The molecule has 0 aromatic carbocycles. The van der Waals surface area contributed by atoms with Crippen molar-refractivity contribution in [2.24, 2.45) is 45.3 Å². The van der Waals surface area contributed by atoms with Gasteiger partial charge in [0, 0.05) is 18.3 Å². The van der Waals surface area contributed by atoms with E-state index in [-0.39, 0.29) is 28.4 Å². The number of aliphatic hydroxyl groups is 8. The average Bonchev–Trinajstić information content (AvgIpc) is 3.40. The Morgan fingerprint density at radius 3 is 2.16 bits per heavy atom. The van der Waals surface area contributed by atoms with Crippen molar-refractivity contribution in [2.75, 3.05) is 6.61 Å². The smallest absolute Gasteiger partial charge is 0.187 e. The Kier molecular flexibility index (Phi) is 12.0. The number of hydrogen-bond donors (Lipinski definition) is 8. The van der Waals surface area contributed by atoms with Crippen LogP contribution in [0.5, 0.6) is 0 Å². The van der Waals surface area contributed by atoms with Crippen molar-refractivity contribution < 1.29 is 64.6 Å². The van der Waals surface area contributed by atoms with Crippen molar-refractivity contribution >= 4 is 5.78 Å². The lowest BCUT2D eigenvalue weighted by molar-refractivity contribution is -0.376. The SMILES string of the molecule is CC(C)=CCCC(C)(O)C1C(O)CC2(C)C1C(=O)CC1C3(C)CCC(OC4OC(CO)C(O)C(O)C4OC4OC(C)C(O)C(O)C4O)C(C)(C)C3CCC12C. The van der Waals surface area contributed by atoms with Crippen LogP contribution in [0.25, 0.3) is 0 Å². The molecule has 20 atom stereocenters. The molecular weight excluding hydrogens is 712 g/mol. The van der Waals surface area contributed by atoms with Gasteiger partial charge in [-0.1, -0.05) is 46.3 Å². The average molecular weight is 783 g/mol. The summed E-state index contributed by atoms with van der Waals surface area (Å²) in [5, 5.41) is 87.1. The van der Waals surface area contributed by atoms with E-state index < -0.39 is 108 Å². The van der Waals surface area contributed by atoms with Crippen molar-refractivity contribution in [3.63, 3.8) is 0 Å². The molecule has 0 spiro atoms. The molecule has 4 aliphatic carbocycles. The fourth-order valence-electron chi connectivity index (χ4n) is 13.0. The summed E-state index contributed by atoms with van der Waals surface area (Å²) in [4.78, 5) is 14.6. The van der Waals surface area contributed by atoms with Crippen molar-refractivity contribution in [1.82, 2.24) is 0 Å². The Labute approximate surface area is 326 Å². The molecule has 0 bridgehead atoms. The lowest BCUT2D eigenvalue weighted by Gasteiger charge is -2.69. The molecule has 6 aliphatic rings. The van der Waals surface area contributed by atoms with Crippen LogP contribution >= 0.6 is 0 Å². The third-order valence-electron chi connectivity index (χ3n) is 16.3. The van der Waals surface area contributed by atoms with Gasteiger partial charge in [-0.25, -0.2) is 0 Å². The summed E-state index contributed by atoms with van der Waals surface area (Å²) in [6.45, 7) is 17.9. The van der Waals surface area contributed by atoms with Crippen LogP contribution in [0.15, 0.2) is 11.6 Å². The number of hydrogen-bond acceptors (Lipinski definition) is 13. The van der Waals surface area contributed by atoms with E-state index >= 15 is 0 Å². The minimum absolute atomic E-state index is 0.0285. The van der Waals surface area contributed by atoms with Crippen LogP contribution in [0.2, 0.25) is 0 Å². The number of fused-ring (bicyclic) bond motifs is 5. The summed E-state index contributed by atoms with van der Waals surface area (Å²) >= 11 is 0. The Morgan fingerprint density at radius 1 is 0.855 bits per heavy atom. The van der Waals surface area contributed by atoms with Crippen LogP contribution in [0.3, 0.4) is 0 Å². The molecule has 0 aromatic heterocycles. The van der Waals surface area contributed by atoms with Gasteiger partial charge >= 0.3 is 0 Å². The zero-order valence-electron chi connectivity index (χ0n) is 34.3. The van der Waals surface area contributed by atoms with Crippen LogP contribution < -0.4 is 0 Å². The summed E-state index contributed by atoms with van der Waals surface area (Å²) in [7, 11) is 0.